The van der Waals surface area contributed by atoms with Gasteiger partial charge in [0.15, 0.2) is 12.3 Å². The SMILES string of the molecule is O=C(C[N+]12CCN(CC1)CC2)Nc1cc(Cl)ccc1Oc1ccccc1.[Cl-]. The van der Waals surface area contributed by atoms with E-state index in [-0.39, 0.29) is 18.3 Å². The molecule has 2 bridgehead atoms. The van der Waals surface area contributed by atoms with Crippen molar-refractivity contribution in [1.82, 2.24) is 4.90 Å². The van der Waals surface area contributed by atoms with Crippen LogP contribution in [-0.2, 0) is 4.79 Å². The largest absolute Gasteiger partial charge is 1.00 e. The molecule has 7 heteroatoms. The van der Waals surface area contributed by atoms with Gasteiger partial charge in [0, 0.05) is 24.7 Å². The van der Waals surface area contributed by atoms with Crippen LogP contribution in [0.25, 0.3) is 0 Å². The Morgan fingerprint density at radius 1 is 1.07 bits per heavy atom. The standard InChI is InChI=1S/C20H22ClN3O2.ClH/c21-16-6-7-19(26-17-4-2-1-3-5-17)18(14-16)22-20(25)15-24-11-8-23(9-12-24)10-13-24;/h1-7,14H,8-13,15H2;1H. The number of amides is 1. The fourth-order valence-corrected chi connectivity index (χ4v) is 3.94. The van der Waals surface area contributed by atoms with Crippen LogP contribution in [0.2, 0.25) is 5.02 Å². The number of hydrogen-bond donors (Lipinski definition) is 1. The molecule has 27 heavy (non-hydrogen) atoms. The highest BCUT2D eigenvalue weighted by Gasteiger charge is 2.39. The molecule has 3 heterocycles. The van der Waals surface area contributed by atoms with Gasteiger partial charge in [0.05, 0.1) is 25.3 Å². The van der Waals surface area contributed by atoms with Crippen LogP contribution in [-0.4, -0.2) is 61.1 Å². The lowest BCUT2D eigenvalue weighted by Gasteiger charge is -2.50. The summed E-state index contributed by atoms with van der Waals surface area (Å²) in [4.78, 5) is 15.2. The fourth-order valence-electron chi connectivity index (χ4n) is 3.77. The molecule has 0 aliphatic carbocycles. The molecule has 0 spiro atoms. The third kappa shape index (κ3) is 4.74. The third-order valence-electron chi connectivity index (χ3n) is 5.34. The minimum absolute atomic E-state index is 0. The van der Waals surface area contributed by atoms with E-state index < -0.39 is 0 Å². The first-order valence-electron chi connectivity index (χ1n) is 9.02. The van der Waals surface area contributed by atoms with E-state index in [9.17, 15) is 4.79 Å². The van der Waals surface area contributed by atoms with Gasteiger partial charge in [-0.05, 0) is 30.3 Å². The van der Waals surface area contributed by atoms with Gasteiger partial charge in [-0.25, -0.2) is 0 Å². The number of quaternary nitrogens is 1. The van der Waals surface area contributed by atoms with Gasteiger partial charge in [-0.15, -0.1) is 0 Å². The number of anilines is 1. The van der Waals surface area contributed by atoms with Crippen molar-refractivity contribution in [1.29, 1.82) is 0 Å². The predicted octanol–water partition coefficient (Wildman–Crippen LogP) is 0.221. The fraction of sp³-hybridized carbons (Fsp3) is 0.350. The molecule has 0 unspecified atom stereocenters. The number of rotatable bonds is 5. The third-order valence-corrected chi connectivity index (χ3v) is 5.57. The van der Waals surface area contributed by atoms with Gasteiger partial charge >= 0.3 is 0 Å². The minimum Gasteiger partial charge on any atom is -1.00 e. The maximum absolute atomic E-state index is 12.7. The Balaban J connectivity index is 0.00000210. The molecular formula is C20H23Cl2N3O2. The highest BCUT2D eigenvalue weighted by atomic mass is 35.5. The number of fused-ring (bicyclic) bond motifs is 3. The highest BCUT2D eigenvalue weighted by Crippen LogP contribution is 2.32. The molecule has 1 amide bonds. The van der Waals surface area contributed by atoms with Crippen molar-refractivity contribution >= 4 is 23.2 Å². The predicted molar refractivity (Wildman–Crippen MR) is 103 cm³/mol. The van der Waals surface area contributed by atoms with E-state index in [0.717, 1.165) is 49.5 Å². The summed E-state index contributed by atoms with van der Waals surface area (Å²) in [7, 11) is 0. The maximum Gasteiger partial charge on any atom is 0.279 e. The van der Waals surface area contributed by atoms with Crippen molar-refractivity contribution in [2.24, 2.45) is 0 Å². The molecule has 2 aromatic carbocycles. The summed E-state index contributed by atoms with van der Waals surface area (Å²) >= 11 is 6.14. The number of piperazine rings is 3. The maximum atomic E-state index is 12.7. The lowest BCUT2D eigenvalue weighted by Crippen LogP contribution is -3.00. The van der Waals surface area contributed by atoms with Crippen LogP contribution in [0, 0.1) is 0 Å². The Morgan fingerprint density at radius 3 is 2.41 bits per heavy atom. The molecule has 5 nitrogen and oxygen atoms in total. The highest BCUT2D eigenvalue weighted by molar-refractivity contribution is 6.31. The van der Waals surface area contributed by atoms with Gasteiger partial charge in [-0.2, -0.15) is 0 Å². The van der Waals surface area contributed by atoms with E-state index in [0.29, 0.717) is 23.0 Å². The number of benzene rings is 2. The average molecular weight is 408 g/mol. The van der Waals surface area contributed by atoms with Crippen molar-refractivity contribution in [3.63, 3.8) is 0 Å². The lowest BCUT2D eigenvalue weighted by molar-refractivity contribution is -0.933. The Bertz CT molecular complexity index is 779. The zero-order valence-corrected chi connectivity index (χ0v) is 16.5. The second kappa shape index (κ2) is 8.48. The number of halogens is 2. The summed E-state index contributed by atoms with van der Waals surface area (Å²) in [6.07, 6.45) is 0. The van der Waals surface area contributed by atoms with Crippen molar-refractivity contribution in [2.45, 2.75) is 0 Å². The van der Waals surface area contributed by atoms with Crippen LogP contribution in [0.5, 0.6) is 11.5 Å². The van der Waals surface area contributed by atoms with Crippen LogP contribution in [0.4, 0.5) is 5.69 Å². The summed E-state index contributed by atoms with van der Waals surface area (Å²) < 4.78 is 6.82. The molecule has 0 atom stereocenters. The van der Waals surface area contributed by atoms with E-state index in [1.54, 1.807) is 18.2 Å². The molecule has 2 aromatic rings. The zero-order valence-electron chi connectivity index (χ0n) is 15.0. The average Bonchev–Trinajstić information content (AvgIpc) is 2.66. The molecular weight excluding hydrogens is 385 g/mol. The lowest BCUT2D eigenvalue weighted by atomic mass is 10.1. The second-order valence-corrected chi connectivity index (χ2v) is 7.55. The quantitative estimate of drug-likeness (QED) is 0.720. The topological polar surface area (TPSA) is 41.6 Å². The van der Waals surface area contributed by atoms with Gasteiger partial charge in [-0.1, -0.05) is 29.8 Å². The molecule has 3 aliphatic heterocycles. The molecule has 0 saturated carbocycles. The number of nitrogens with one attached hydrogen (secondary N) is 1. The van der Waals surface area contributed by atoms with E-state index in [1.165, 1.54) is 0 Å². The minimum atomic E-state index is 0. The summed E-state index contributed by atoms with van der Waals surface area (Å²) in [5.41, 5.74) is 0.611. The number of nitrogens with zero attached hydrogens (tertiary/aromatic N) is 2. The van der Waals surface area contributed by atoms with Gasteiger partial charge in [0.2, 0.25) is 0 Å². The van der Waals surface area contributed by atoms with Crippen molar-refractivity contribution < 1.29 is 26.4 Å². The van der Waals surface area contributed by atoms with Gasteiger partial charge in [0.25, 0.3) is 5.91 Å². The van der Waals surface area contributed by atoms with Crippen molar-refractivity contribution in [3.8, 4) is 11.5 Å². The number of hydrogen-bond acceptors (Lipinski definition) is 3. The number of ether oxygens (including phenoxy) is 1. The number of carbonyl (C=O) groups excluding carboxylic acids is 1. The van der Waals surface area contributed by atoms with Crippen LogP contribution in [0.1, 0.15) is 0 Å². The summed E-state index contributed by atoms with van der Waals surface area (Å²) in [6, 6.07) is 14.8. The van der Waals surface area contributed by atoms with Gasteiger partial charge in [0.1, 0.15) is 5.75 Å². The number of para-hydroxylation sites is 1. The first-order valence-corrected chi connectivity index (χ1v) is 9.40. The van der Waals surface area contributed by atoms with Gasteiger partial charge < -0.3 is 26.9 Å². The second-order valence-electron chi connectivity index (χ2n) is 7.12. The van der Waals surface area contributed by atoms with Crippen LogP contribution >= 0.6 is 11.6 Å². The first-order chi connectivity index (χ1) is 12.6. The van der Waals surface area contributed by atoms with Crippen LogP contribution in [0.15, 0.2) is 48.5 Å². The van der Waals surface area contributed by atoms with E-state index in [4.69, 9.17) is 16.3 Å². The number of carbonyl (C=O) groups is 1. The summed E-state index contributed by atoms with van der Waals surface area (Å²) in [5, 5.41) is 3.59. The molecule has 1 N–H and O–H groups in total. The molecule has 3 fully saturated rings. The van der Waals surface area contributed by atoms with Crippen molar-refractivity contribution in [2.75, 3.05) is 51.1 Å². The Kier molecular flexibility index (Phi) is 6.27. The Morgan fingerprint density at radius 2 is 1.74 bits per heavy atom. The first kappa shape index (κ1) is 20.0. The normalized spacial score (nSPS) is 23.4. The summed E-state index contributed by atoms with van der Waals surface area (Å²) in [6.45, 7) is 6.93. The van der Waals surface area contributed by atoms with Crippen LogP contribution < -0.4 is 22.5 Å². The van der Waals surface area contributed by atoms with E-state index in [2.05, 4.69) is 10.2 Å². The van der Waals surface area contributed by atoms with E-state index in [1.807, 2.05) is 30.3 Å². The Labute approximate surface area is 170 Å². The summed E-state index contributed by atoms with van der Waals surface area (Å²) in [5.74, 6) is 1.33. The molecule has 3 saturated heterocycles. The zero-order chi connectivity index (χ0) is 18.0. The smallest absolute Gasteiger partial charge is 0.279 e. The van der Waals surface area contributed by atoms with E-state index >= 15 is 0 Å². The molecule has 0 radical (unpaired) electrons. The molecule has 5 rings (SSSR count). The van der Waals surface area contributed by atoms with Crippen LogP contribution in [0.3, 0.4) is 0 Å². The van der Waals surface area contributed by atoms with Crippen molar-refractivity contribution in [3.05, 3.63) is 53.6 Å². The van der Waals surface area contributed by atoms with Gasteiger partial charge in [-0.3, -0.25) is 9.69 Å². The Hall–Kier alpha value is -1.79. The monoisotopic (exact) mass is 407 g/mol. The molecule has 0 aromatic heterocycles. The molecule has 3 aliphatic rings. The molecule has 144 valence electrons.